The highest BCUT2D eigenvalue weighted by atomic mass is 35.5. The number of hydrogen-bond acceptors (Lipinski definition) is 4. The van der Waals surface area contributed by atoms with Gasteiger partial charge in [-0.05, 0) is 42.0 Å². The molecule has 2 aromatic heterocycles. The zero-order valence-electron chi connectivity index (χ0n) is 16.5. The molecule has 0 unspecified atom stereocenters. The molecule has 0 spiro atoms. The highest BCUT2D eigenvalue weighted by molar-refractivity contribution is 7.98. The first-order valence-corrected chi connectivity index (χ1v) is 11.1. The van der Waals surface area contributed by atoms with Crippen LogP contribution in [0.5, 0.6) is 0 Å². The largest absolute Gasteiger partial charge is 0.272 e. The fourth-order valence-corrected chi connectivity index (χ4v) is 4.83. The van der Waals surface area contributed by atoms with Gasteiger partial charge in [-0.15, -0.1) is 10.2 Å². The standard InChI is InChI=1S/C23H15ClF2N4OS/c24-18-5-3-6-19(26)17(18)13-32-23-28-27-22-29(12-14-8-10-15(25)11-9-14)21(31)16-4-1-2-7-20(16)30(22)23/h1-11H,12-13H2. The van der Waals surface area contributed by atoms with Crippen LogP contribution in [0.4, 0.5) is 8.78 Å². The Kier molecular flexibility index (Phi) is 5.40. The minimum Gasteiger partial charge on any atom is -0.272 e. The van der Waals surface area contributed by atoms with Gasteiger partial charge in [-0.1, -0.05) is 53.7 Å². The molecule has 5 rings (SSSR count). The van der Waals surface area contributed by atoms with Gasteiger partial charge < -0.3 is 0 Å². The summed E-state index contributed by atoms with van der Waals surface area (Å²) < 4.78 is 30.8. The van der Waals surface area contributed by atoms with Gasteiger partial charge in [0.25, 0.3) is 5.56 Å². The van der Waals surface area contributed by atoms with Crippen molar-refractivity contribution in [2.75, 3.05) is 0 Å². The molecule has 32 heavy (non-hydrogen) atoms. The summed E-state index contributed by atoms with van der Waals surface area (Å²) in [4.78, 5) is 13.2. The molecule has 0 atom stereocenters. The number of hydrogen-bond donors (Lipinski definition) is 0. The number of fused-ring (bicyclic) bond motifs is 3. The van der Waals surface area contributed by atoms with E-state index in [1.807, 2.05) is 12.1 Å². The van der Waals surface area contributed by atoms with E-state index in [9.17, 15) is 13.6 Å². The molecule has 0 amide bonds. The van der Waals surface area contributed by atoms with Crippen molar-refractivity contribution < 1.29 is 8.78 Å². The van der Waals surface area contributed by atoms with E-state index in [0.29, 0.717) is 32.4 Å². The van der Waals surface area contributed by atoms with E-state index in [0.717, 1.165) is 5.56 Å². The second kappa shape index (κ2) is 8.37. The Morgan fingerprint density at radius 1 is 0.938 bits per heavy atom. The normalized spacial score (nSPS) is 11.5. The Bertz CT molecular complexity index is 1490. The first-order valence-electron chi connectivity index (χ1n) is 9.70. The summed E-state index contributed by atoms with van der Waals surface area (Å²) in [6.07, 6.45) is 0. The maximum absolute atomic E-state index is 14.2. The molecule has 0 radical (unpaired) electrons. The molecule has 0 saturated heterocycles. The lowest BCUT2D eigenvalue weighted by Gasteiger charge is -2.11. The Morgan fingerprint density at radius 2 is 1.72 bits per heavy atom. The molecule has 0 N–H and O–H groups in total. The van der Waals surface area contributed by atoms with Gasteiger partial charge in [-0.2, -0.15) is 0 Å². The third-order valence-electron chi connectivity index (χ3n) is 5.14. The van der Waals surface area contributed by atoms with E-state index < -0.39 is 5.82 Å². The molecular weight excluding hydrogens is 454 g/mol. The summed E-state index contributed by atoms with van der Waals surface area (Å²) in [5.74, 6) is -0.146. The van der Waals surface area contributed by atoms with Crippen molar-refractivity contribution in [3.8, 4) is 0 Å². The van der Waals surface area contributed by atoms with E-state index >= 15 is 0 Å². The first kappa shape index (κ1) is 20.7. The third kappa shape index (κ3) is 3.65. The second-order valence-electron chi connectivity index (χ2n) is 7.14. The van der Waals surface area contributed by atoms with E-state index in [1.165, 1.54) is 34.5 Å². The second-order valence-corrected chi connectivity index (χ2v) is 8.49. The zero-order chi connectivity index (χ0) is 22.2. The van der Waals surface area contributed by atoms with Crippen molar-refractivity contribution in [2.24, 2.45) is 0 Å². The van der Waals surface area contributed by atoms with Crippen molar-refractivity contribution >= 4 is 40.0 Å². The maximum Gasteiger partial charge on any atom is 0.263 e. The van der Waals surface area contributed by atoms with E-state index in [-0.39, 0.29) is 23.7 Å². The zero-order valence-corrected chi connectivity index (χ0v) is 18.1. The van der Waals surface area contributed by atoms with Gasteiger partial charge in [0, 0.05) is 16.3 Å². The van der Waals surface area contributed by atoms with Gasteiger partial charge >= 0.3 is 0 Å². The van der Waals surface area contributed by atoms with Gasteiger partial charge in [0.2, 0.25) is 5.78 Å². The number of nitrogens with zero attached hydrogens (tertiary/aromatic N) is 4. The van der Waals surface area contributed by atoms with E-state index in [1.54, 1.807) is 40.8 Å². The number of para-hydroxylation sites is 1. The first-order chi connectivity index (χ1) is 15.5. The molecule has 2 heterocycles. The summed E-state index contributed by atoms with van der Waals surface area (Å²) >= 11 is 7.44. The molecule has 5 aromatic rings. The van der Waals surface area contributed by atoms with Crippen molar-refractivity contribution in [3.05, 3.63) is 105 Å². The number of aromatic nitrogens is 4. The summed E-state index contributed by atoms with van der Waals surface area (Å²) in [5, 5.41) is 9.86. The molecule has 0 saturated carbocycles. The molecule has 9 heteroatoms. The van der Waals surface area contributed by atoms with Gasteiger partial charge in [-0.25, -0.2) is 8.78 Å². The highest BCUT2D eigenvalue weighted by Gasteiger charge is 2.18. The summed E-state index contributed by atoms with van der Waals surface area (Å²) in [5.41, 5.74) is 1.55. The third-order valence-corrected chi connectivity index (χ3v) is 6.45. The van der Waals surface area contributed by atoms with Gasteiger partial charge in [0.1, 0.15) is 11.6 Å². The van der Waals surface area contributed by atoms with Crippen LogP contribution in [0.1, 0.15) is 11.1 Å². The van der Waals surface area contributed by atoms with Crippen LogP contribution in [0.3, 0.4) is 0 Å². The van der Waals surface area contributed by atoms with E-state index in [4.69, 9.17) is 11.6 Å². The summed E-state index contributed by atoms with van der Waals surface area (Å²) in [6.45, 7) is 0.204. The molecule has 0 aliphatic rings. The number of benzene rings is 3. The fourth-order valence-electron chi connectivity index (χ4n) is 3.55. The van der Waals surface area contributed by atoms with Crippen LogP contribution in [0.15, 0.2) is 76.7 Å². The monoisotopic (exact) mass is 468 g/mol. The highest BCUT2D eigenvalue weighted by Crippen LogP contribution is 2.29. The van der Waals surface area contributed by atoms with Crippen molar-refractivity contribution in [2.45, 2.75) is 17.5 Å². The lowest BCUT2D eigenvalue weighted by molar-refractivity contribution is 0.617. The predicted octanol–water partition coefficient (Wildman–Crippen LogP) is 5.32. The molecule has 0 fully saturated rings. The predicted molar refractivity (Wildman–Crippen MR) is 121 cm³/mol. The van der Waals surface area contributed by atoms with Crippen molar-refractivity contribution in [1.29, 1.82) is 0 Å². The lowest BCUT2D eigenvalue weighted by atomic mass is 10.2. The fraction of sp³-hybridized carbons (Fsp3) is 0.0870. The van der Waals surface area contributed by atoms with Crippen LogP contribution in [0.25, 0.3) is 16.7 Å². The van der Waals surface area contributed by atoms with Crippen LogP contribution >= 0.6 is 23.4 Å². The molecule has 0 bridgehead atoms. The quantitative estimate of drug-likeness (QED) is 0.328. The van der Waals surface area contributed by atoms with Crippen LogP contribution in [0.2, 0.25) is 5.02 Å². The van der Waals surface area contributed by atoms with E-state index in [2.05, 4.69) is 10.2 Å². The lowest BCUT2D eigenvalue weighted by Crippen LogP contribution is -2.24. The van der Waals surface area contributed by atoms with Gasteiger partial charge in [-0.3, -0.25) is 13.8 Å². The Hall–Kier alpha value is -3.23. The average molecular weight is 469 g/mol. The van der Waals surface area contributed by atoms with Crippen molar-refractivity contribution in [3.63, 3.8) is 0 Å². The maximum atomic E-state index is 14.2. The Morgan fingerprint density at radius 3 is 2.50 bits per heavy atom. The molecular formula is C23H15ClF2N4OS. The molecule has 3 aromatic carbocycles. The smallest absolute Gasteiger partial charge is 0.263 e. The van der Waals surface area contributed by atoms with Gasteiger partial charge in [0.15, 0.2) is 5.16 Å². The molecule has 0 aliphatic heterocycles. The number of rotatable bonds is 5. The minimum absolute atomic E-state index is 0.204. The van der Waals surface area contributed by atoms with Gasteiger partial charge in [0.05, 0.1) is 17.4 Å². The SMILES string of the molecule is O=c1c2ccccc2n2c(SCc3c(F)cccc3Cl)nnc2n1Cc1ccc(F)cc1. The number of thioether (sulfide) groups is 1. The van der Waals surface area contributed by atoms with Crippen molar-refractivity contribution in [1.82, 2.24) is 19.2 Å². The Labute approximate surface area is 190 Å². The topological polar surface area (TPSA) is 52.2 Å². The Balaban J connectivity index is 1.64. The minimum atomic E-state index is -0.392. The van der Waals surface area contributed by atoms with Crippen LogP contribution in [0, 0.1) is 11.6 Å². The summed E-state index contributed by atoms with van der Waals surface area (Å²) in [7, 11) is 0. The van der Waals surface area contributed by atoms with Crippen LogP contribution < -0.4 is 5.56 Å². The molecule has 5 nitrogen and oxygen atoms in total. The van der Waals surface area contributed by atoms with Crippen LogP contribution in [-0.4, -0.2) is 19.2 Å². The molecule has 0 aliphatic carbocycles. The molecule has 160 valence electrons. The van der Waals surface area contributed by atoms with Crippen LogP contribution in [-0.2, 0) is 12.3 Å². The number of halogens is 3. The average Bonchev–Trinajstić information content (AvgIpc) is 3.21. The summed E-state index contributed by atoms with van der Waals surface area (Å²) in [6, 6.07) is 17.7.